The lowest BCUT2D eigenvalue weighted by molar-refractivity contribution is -0.142. The van der Waals surface area contributed by atoms with E-state index in [9.17, 15) is 14.7 Å². The van der Waals surface area contributed by atoms with Gasteiger partial charge in [-0.25, -0.2) is 0 Å². The van der Waals surface area contributed by atoms with Crippen LogP contribution in [0.2, 0.25) is 0 Å². The second-order valence-electron chi connectivity index (χ2n) is 7.80. The highest BCUT2D eigenvalue weighted by molar-refractivity contribution is 5.82. The zero-order valence-electron chi connectivity index (χ0n) is 16.6. The van der Waals surface area contributed by atoms with Crippen molar-refractivity contribution in [2.24, 2.45) is 11.7 Å². The quantitative estimate of drug-likeness (QED) is 0.680. The minimum absolute atomic E-state index is 0.0320. The molecule has 2 aromatic rings. The number of carboxylic acid groups (broad SMARTS) is 1. The first-order valence-electron chi connectivity index (χ1n) is 10.3. The Balaban J connectivity index is 1.56. The Kier molecular flexibility index (Phi) is 7.36. The molecule has 0 radical (unpaired) electrons. The van der Waals surface area contributed by atoms with E-state index in [4.69, 9.17) is 5.73 Å². The summed E-state index contributed by atoms with van der Waals surface area (Å²) in [6, 6.07) is 13.0. The van der Waals surface area contributed by atoms with Gasteiger partial charge >= 0.3 is 5.97 Å². The molecule has 0 aliphatic carbocycles. The maximum Gasteiger partial charge on any atom is 0.306 e. The Morgan fingerprint density at radius 2 is 1.90 bits per heavy atom. The van der Waals surface area contributed by atoms with E-state index in [1.807, 2.05) is 47.4 Å². The number of carbonyl (C=O) groups excluding carboxylic acids is 1. The van der Waals surface area contributed by atoms with Gasteiger partial charge in [0.15, 0.2) is 0 Å². The van der Waals surface area contributed by atoms with Crippen LogP contribution in [0.4, 0.5) is 0 Å². The Hall–Kier alpha value is -2.73. The molecule has 3 rings (SSSR count). The summed E-state index contributed by atoms with van der Waals surface area (Å²) in [5.74, 6) is -1.31. The first-order chi connectivity index (χ1) is 14.0. The summed E-state index contributed by atoms with van der Waals surface area (Å²) >= 11 is 0. The molecule has 6 nitrogen and oxygen atoms in total. The second-order valence-corrected chi connectivity index (χ2v) is 7.80. The van der Waals surface area contributed by atoms with E-state index in [1.165, 1.54) is 0 Å². The SMILES string of the molecule is N[C@@H](Cc1ccccc1)C(=O)N1CCC[C@@H]1CC[C@@H](Cc1cccnc1)C(=O)O. The smallest absolute Gasteiger partial charge is 0.306 e. The summed E-state index contributed by atoms with van der Waals surface area (Å²) in [4.78, 5) is 30.6. The summed E-state index contributed by atoms with van der Waals surface area (Å²) < 4.78 is 0. The number of hydrogen-bond acceptors (Lipinski definition) is 4. The van der Waals surface area contributed by atoms with Crippen LogP contribution < -0.4 is 5.73 Å². The van der Waals surface area contributed by atoms with E-state index in [-0.39, 0.29) is 11.9 Å². The van der Waals surface area contributed by atoms with Crippen molar-refractivity contribution in [3.8, 4) is 0 Å². The van der Waals surface area contributed by atoms with Gasteiger partial charge in [0.1, 0.15) is 0 Å². The Morgan fingerprint density at radius 3 is 2.59 bits per heavy atom. The number of nitrogens with zero attached hydrogens (tertiary/aromatic N) is 2. The van der Waals surface area contributed by atoms with E-state index < -0.39 is 17.9 Å². The van der Waals surface area contributed by atoms with Gasteiger partial charge in [-0.15, -0.1) is 0 Å². The van der Waals surface area contributed by atoms with Crippen molar-refractivity contribution >= 4 is 11.9 Å². The van der Waals surface area contributed by atoms with Crippen molar-refractivity contribution < 1.29 is 14.7 Å². The highest BCUT2D eigenvalue weighted by atomic mass is 16.4. The third-order valence-corrected chi connectivity index (χ3v) is 5.68. The molecule has 3 atom stereocenters. The van der Waals surface area contributed by atoms with Gasteiger partial charge in [0.25, 0.3) is 0 Å². The minimum Gasteiger partial charge on any atom is -0.481 e. The molecule has 0 unspecified atom stereocenters. The summed E-state index contributed by atoms with van der Waals surface area (Å²) in [6.07, 6.45) is 7.42. The fourth-order valence-electron chi connectivity index (χ4n) is 4.10. The molecule has 2 heterocycles. The van der Waals surface area contributed by atoms with Gasteiger partial charge in [-0.2, -0.15) is 0 Å². The molecule has 1 aliphatic rings. The first-order valence-corrected chi connectivity index (χ1v) is 10.3. The van der Waals surface area contributed by atoms with E-state index in [1.54, 1.807) is 12.4 Å². The third-order valence-electron chi connectivity index (χ3n) is 5.68. The zero-order valence-corrected chi connectivity index (χ0v) is 16.6. The number of amides is 1. The van der Waals surface area contributed by atoms with Crippen LogP contribution in [-0.4, -0.2) is 45.5 Å². The lowest BCUT2D eigenvalue weighted by Gasteiger charge is -2.28. The molecule has 1 aliphatic heterocycles. The topological polar surface area (TPSA) is 96.5 Å². The molecule has 0 bridgehead atoms. The van der Waals surface area contributed by atoms with Gasteiger partial charge in [-0.3, -0.25) is 14.6 Å². The minimum atomic E-state index is -0.800. The molecule has 1 aromatic carbocycles. The van der Waals surface area contributed by atoms with Gasteiger partial charge in [0, 0.05) is 25.0 Å². The number of pyridine rings is 1. The fourth-order valence-corrected chi connectivity index (χ4v) is 4.10. The molecule has 1 amide bonds. The van der Waals surface area contributed by atoms with Gasteiger partial charge in [-0.05, 0) is 55.7 Å². The Morgan fingerprint density at radius 1 is 1.14 bits per heavy atom. The fraction of sp³-hybridized carbons (Fsp3) is 0.435. The van der Waals surface area contributed by atoms with Crippen molar-refractivity contribution in [2.75, 3.05) is 6.54 Å². The third kappa shape index (κ3) is 5.87. The molecule has 1 aromatic heterocycles. The van der Waals surface area contributed by atoms with Crippen molar-refractivity contribution in [1.29, 1.82) is 0 Å². The van der Waals surface area contributed by atoms with E-state index >= 15 is 0 Å². The molecule has 29 heavy (non-hydrogen) atoms. The van der Waals surface area contributed by atoms with Crippen molar-refractivity contribution in [1.82, 2.24) is 9.88 Å². The molecule has 1 saturated heterocycles. The maximum atomic E-state index is 12.9. The van der Waals surface area contributed by atoms with Crippen LogP contribution in [0.5, 0.6) is 0 Å². The highest BCUT2D eigenvalue weighted by Gasteiger charge is 2.32. The zero-order chi connectivity index (χ0) is 20.6. The van der Waals surface area contributed by atoms with Crippen LogP contribution in [-0.2, 0) is 22.4 Å². The molecule has 3 N–H and O–H groups in total. The predicted octanol–water partition coefficient (Wildman–Crippen LogP) is 2.67. The molecule has 1 fully saturated rings. The first kappa shape index (κ1) is 21.0. The van der Waals surface area contributed by atoms with Crippen LogP contribution in [0.1, 0.15) is 36.8 Å². The standard InChI is InChI=1S/C23H29N3O3/c24-21(15-17-6-2-1-3-7-17)22(27)26-13-5-9-20(26)11-10-19(23(28)29)14-18-8-4-12-25-16-18/h1-4,6-8,12,16,19-21H,5,9-11,13-15,24H2,(H,28,29)/t19-,20+,21-/m0/s1. The van der Waals surface area contributed by atoms with Crippen LogP contribution in [0.25, 0.3) is 0 Å². The van der Waals surface area contributed by atoms with Crippen molar-refractivity contribution in [3.05, 3.63) is 66.0 Å². The van der Waals surface area contributed by atoms with Gasteiger partial charge in [-0.1, -0.05) is 36.4 Å². The van der Waals surface area contributed by atoms with E-state index in [2.05, 4.69) is 4.98 Å². The summed E-state index contributed by atoms with van der Waals surface area (Å²) in [5, 5.41) is 9.61. The lowest BCUT2D eigenvalue weighted by atomic mass is 9.93. The Bertz CT molecular complexity index is 798. The molecular weight excluding hydrogens is 366 g/mol. The summed E-state index contributed by atoms with van der Waals surface area (Å²) in [5.41, 5.74) is 8.17. The van der Waals surface area contributed by atoms with Gasteiger partial charge < -0.3 is 15.7 Å². The predicted molar refractivity (Wildman–Crippen MR) is 111 cm³/mol. The molecule has 6 heteroatoms. The summed E-state index contributed by atoms with van der Waals surface area (Å²) in [7, 11) is 0. The second kappa shape index (κ2) is 10.2. The number of nitrogens with two attached hydrogens (primary N) is 1. The van der Waals surface area contributed by atoms with Crippen molar-refractivity contribution in [3.63, 3.8) is 0 Å². The number of hydrogen-bond donors (Lipinski definition) is 2. The van der Waals surface area contributed by atoms with Crippen LogP contribution in [0, 0.1) is 5.92 Å². The number of likely N-dealkylation sites (tertiary alicyclic amines) is 1. The monoisotopic (exact) mass is 395 g/mol. The van der Waals surface area contributed by atoms with Crippen LogP contribution in [0.15, 0.2) is 54.9 Å². The van der Waals surface area contributed by atoms with Gasteiger partial charge in [0.05, 0.1) is 12.0 Å². The average Bonchev–Trinajstić information content (AvgIpc) is 3.20. The Labute approximate surface area is 171 Å². The molecule has 0 saturated carbocycles. The number of aliphatic carboxylic acids is 1. The lowest BCUT2D eigenvalue weighted by Crippen LogP contribution is -2.47. The normalized spacial score (nSPS) is 18.4. The number of aromatic nitrogens is 1. The van der Waals surface area contributed by atoms with Crippen molar-refractivity contribution in [2.45, 2.75) is 50.6 Å². The highest BCUT2D eigenvalue weighted by Crippen LogP contribution is 2.25. The van der Waals surface area contributed by atoms with Crippen LogP contribution in [0.3, 0.4) is 0 Å². The number of carboxylic acids is 1. The molecule has 0 spiro atoms. The number of rotatable bonds is 9. The summed E-state index contributed by atoms with van der Waals surface area (Å²) in [6.45, 7) is 0.701. The van der Waals surface area contributed by atoms with Crippen LogP contribution >= 0.6 is 0 Å². The number of carbonyl (C=O) groups is 2. The van der Waals surface area contributed by atoms with E-state index in [0.717, 1.165) is 24.0 Å². The number of benzene rings is 1. The average molecular weight is 396 g/mol. The maximum absolute atomic E-state index is 12.9. The van der Waals surface area contributed by atoms with Gasteiger partial charge in [0.2, 0.25) is 5.91 Å². The largest absolute Gasteiger partial charge is 0.481 e. The molecular formula is C23H29N3O3. The van der Waals surface area contributed by atoms with E-state index in [0.29, 0.717) is 32.2 Å². The molecule has 154 valence electrons.